The molecule has 2 rings (SSSR count). The van der Waals surface area contributed by atoms with E-state index in [-0.39, 0.29) is 24.2 Å². The molecule has 0 saturated heterocycles. The summed E-state index contributed by atoms with van der Waals surface area (Å²) in [6.45, 7) is -1.78. The number of hydrogen-bond acceptors (Lipinski definition) is 2. The molecule has 1 N–H and O–H groups in total. The highest BCUT2D eigenvalue weighted by Crippen LogP contribution is 2.42. The lowest BCUT2D eigenvalue weighted by Crippen LogP contribution is -2.38. The number of alkyl halides is 5. The Morgan fingerprint density at radius 1 is 1.17 bits per heavy atom. The first-order valence-corrected chi connectivity index (χ1v) is 6.71. The smallest absolute Gasteiger partial charge is 0.416 e. The minimum Gasteiger partial charge on any atom is -0.482 e. The average Bonchev–Trinajstić information content (AvgIpc) is 2.45. The van der Waals surface area contributed by atoms with Gasteiger partial charge in [-0.3, -0.25) is 8.78 Å². The van der Waals surface area contributed by atoms with Gasteiger partial charge in [0.05, 0.1) is 24.5 Å². The summed E-state index contributed by atoms with van der Waals surface area (Å²) >= 11 is 0. The van der Waals surface area contributed by atoms with Crippen molar-refractivity contribution >= 4 is 11.5 Å². The fourth-order valence-electron chi connectivity index (χ4n) is 2.46. The Kier molecular flexibility index (Phi) is 4.63. The van der Waals surface area contributed by atoms with Gasteiger partial charge in [0.1, 0.15) is 11.4 Å². The van der Waals surface area contributed by atoms with Crippen molar-refractivity contribution in [3.05, 3.63) is 35.4 Å². The van der Waals surface area contributed by atoms with Gasteiger partial charge in [-0.05, 0) is 24.3 Å². The predicted molar refractivity (Wildman–Crippen MR) is 71.6 cm³/mol. The summed E-state index contributed by atoms with van der Waals surface area (Å²) in [5.41, 5.74) is -3.28. The van der Waals surface area contributed by atoms with E-state index in [0.29, 0.717) is 6.07 Å². The van der Waals surface area contributed by atoms with E-state index in [2.05, 4.69) is 0 Å². The molecule has 1 heterocycles. The normalized spacial score (nSPS) is 16.3. The second-order valence-electron chi connectivity index (χ2n) is 5.12. The van der Waals surface area contributed by atoms with Crippen molar-refractivity contribution in [1.29, 1.82) is 0 Å². The predicted octanol–water partition coefficient (Wildman–Crippen LogP) is 4.02. The number of aliphatic carboxylic acids is 1. The van der Waals surface area contributed by atoms with Crippen LogP contribution in [-0.4, -0.2) is 30.0 Å². The monoisotopic (exact) mass is 336 g/mol. The molecule has 0 spiro atoms. The first-order chi connectivity index (χ1) is 10.7. The summed E-state index contributed by atoms with van der Waals surface area (Å²) in [6.07, 6.45) is -4.25. The van der Waals surface area contributed by atoms with E-state index in [9.17, 15) is 31.9 Å². The number of ether oxygens (including phenoxy) is 1. The van der Waals surface area contributed by atoms with Gasteiger partial charge in [0, 0.05) is 18.4 Å². The Morgan fingerprint density at radius 2 is 1.78 bits per heavy atom. The number of rotatable bonds is 5. The Morgan fingerprint density at radius 3 is 2.26 bits per heavy atom. The van der Waals surface area contributed by atoms with Crippen LogP contribution in [-0.2, 0) is 11.0 Å². The molecule has 8 heteroatoms. The maximum atomic E-state index is 12.8. The number of carboxylic acids is 1. The molecule has 0 unspecified atom stereocenters. The van der Waals surface area contributed by atoms with Crippen LogP contribution in [0, 0.1) is 0 Å². The Labute approximate surface area is 128 Å². The molecule has 126 valence electrons. The van der Waals surface area contributed by atoms with Crippen molar-refractivity contribution in [2.75, 3.05) is 13.3 Å². The molecule has 0 aromatic heterocycles. The summed E-state index contributed by atoms with van der Waals surface area (Å²) in [7, 11) is 0. The number of fused-ring (bicyclic) bond motifs is 1. The van der Waals surface area contributed by atoms with Crippen LogP contribution in [0.15, 0.2) is 24.3 Å². The molecular formula is C15H13F5O3. The van der Waals surface area contributed by atoms with E-state index in [1.54, 1.807) is 0 Å². The lowest BCUT2D eigenvalue weighted by atomic mass is 9.87. The van der Waals surface area contributed by atoms with E-state index in [4.69, 9.17) is 4.74 Å². The number of hydrogen-bond donors (Lipinski definition) is 1. The van der Waals surface area contributed by atoms with E-state index >= 15 is 0 Å². The summed E-state index contributed by atoms with van der Waals surface area (Å²) in [5.74, 6) is -1.63. The molecule has 1 aromatic carbocycles. The van der Waals surface area contributed by atoms with E-state index in [1.807, 2.05) is 0 Å². The van der Waals surface area contributed by atoms with Gasteiger partial charge in [-0.25, -0.2) is 4.79 Å². The van der Waals surface area contributed by atoms with Gasteiger partial charge >= 0.3 is 12.1 Å². The molecule has 0 atom stereocenters. The molecule has 0 aliphatic carbocycles. The molecule has 3 nitrogen and oxygen atoms in total. The van der Waals surface area contributed by atoms with Gasteiger partial charge in [-0.15, -0.1) is 0 Å². The third-order valence-corrected chi connectivity index (χ3v) is 3.58. The zero-order valence-corrected chi connectivity index (χ0v) is 11.8. The third-order valence-electron chi connectivity index (χ3n) is 3.58. The summed E-state index contributed by atoms with van der Waals surface area (Å²) < 4.78 is 69.3. The minimum atomic E-state index is -4.65. The number of benzene rings is 1. The fraction of sp³-hybridized carbons (Fsp3) is 0.400. The van der Waals surface area contributed by atoms with Crippen molar-refractivity contribution in [1.82, 2.24) is 0 Å². The standard InChI is InChI=1S/C15H13F5O3/c16-5-3-14(4-6-17)8-11(13(21)22)10-7-9(15(18,19)20)1-2-12(10)23-14/h1-2,7-8H,3-6H2,(H,21,22). The summed E-state index contributed by atoms with van der Waals surface area (Å²) in [4.78, 5) is 11.4. The Bertz CT molecular complexity index is 630. The van der Waals surface area contributed by atoms with E-state index in [0.717, 1.165) is 18.2 Å². The van der Waals surface area contributed by atoms with Crippen molar-refractivity contribution in [3.63, 3.8) is 0 Å². The lowest BCUT2D eigenvalue weighted by Gasteiger charge is -2.35. The van der Waals surface area contributed by atoms with Gasteiger partial charge < -0.3 is 9.84 Å². The average molecular weight is 336 g/mol. The molecule has 0 radical (unpaired) electrons. The van der Waals surface area contributed by atoms with Crippen LogP contribution in [0.2, 0.25) is 0 Å². The maximum absolute atomic E-state index is 12.8. The van der Waals surface area contributed by atoms with Crippen molar-refractivity contribution < 1.29 is 36.6 Å². The van der Waals surface area contributed by atoms with Crippen LogP contribution >= 0.6 is 0 Å². The van der Waals surface area contributed by atoms with Crippen LogP contribution in [0.1, 0.15) is 24.0 Å². The van der Waals surface area contributed by atoms with Crippen LogP contribution in [0.25, 0.3) is 5.57 Å². The summed E-state index contributed by atoms with van der Waals surface area (Å²) in [6, 6.07) is 2.36. The molecule has 0 amide bonds. The lowest BCUT2D eigenvalue weighted by molar-refractivity contribution is -0.137. The first-order valence-electron chi connectivity index (χ1n) is 6.71. The fourth-order valence-corrected chi connectivity index (χ4v) is 2.46. The van der Waals surface area contributed by atoms with Crippen molar-refractivity contribution in [2.24, 2.45) is 0 Å². The van der Waals surface area contributed by atoms with Gasteiger partial charge in [0.25, 0.3) is 0 Å². The highest BCUT2D eigenvalue weighted by atomic mass is 19.4. The van der Waals surface area contributed by atoms with E-state index < -0.39 is 42.2 Å². The zero-order valence-electron chi connectivity index (χ0n) is 11.8. The molecule has 1 aliphatic heterocycles. The molecular weight excluding hydrogens is 323 g/mol. The first kappa shape index (κ1) is 17.2. The second kappa shape index (κ2) is 6.17. The van der Waals surface area contributed by atoms with Crippen LogP contribution < -0.4 is 4.74 Å². The van der Waals surface area contributed by atoms with Crippen molar-refractivity contribution in [2.45, 2.75) is 24.6 Å². The molecule has 23 heavy (non-hydrogen) atoms. The molecule has 0 fully saturated rings. The molecule has 0 saturated carbocycles. The zero-order chi connectivity index (χ0) is 17.3. The van der Waals surface area contributed by atoms with Gasteiger partial charge in [-0.2, -0.15) is 13.2 Å². The number of halogens is 5. The van der Waals surface area contributed by atoms with Crippen molar-refractivity contribution in [3.8, 4) is 5.75 Å². The Hall–Kier alpha value is -2.12. The molecule has 1 aliphatic rings. The largest absolute Gasteiger partial charge is 0.482 e. The SMILES string of the molecule is O=C(O)C1=CC(CCF)(CCF)Oc2ccc(C(F)(F)F)cc21. The number of carboxylic acid groups (broad SMARTS) is 1. The highest BCUT2D eigenvalue weighted by Gasteiger charge is 2.39. The highest BCUT2D eigenvalue weighted by molar-refractivity contribution is 6.17. The molecule has 1 aromatic rings. The molecule has 0 bridgehead atoms. The minimum absolute atomic E-state index is 0.139. The number of carbonyl (C=O) groups is 1. The van der Waals surface area contributed by atoms with Crippen LogP contribution in [0.3, 0.4) is 0 Å². The Balaban J connectivity index is 2.58. The quantitative estimate of drug-likeness (QED) is 0.826. The third kappa shape index (κ3) is 3.46. The topological polar surface area (TPSA) is 46.5 Å². The van der Waals surface area contributed by atoms with E-state index in [1.165, 1.54) is 0 Å². The van der Waals surface area contributed by atoms with Gasteiger partial charge in [0.2, 0.25) is 0 Å². The van der Waals surface area contributed by atoms with Crippen LogP contribution in [0.4, 0.5) is 22.0 Å². The van der Waals surface area contributed by atoms with Gasteiger partial charge in [0.15, 0.2) is 0 Å². The summed E-state index contributed by atoms with van der Waals surface area (Å²) in [5, 5.41) is 9.25. The maximum Gasteiger partial charge on any atom is 0.416 e. The van der Waals surface area contributed by atoms with Gasteiger partial charge in [-0.1, -0.05) is 0 Å². The van der Waals surface area contributed by atoms with Crippen LogP contribution in [0.5, 0.6) is 5.75 Å². The second-order valence-corrected chi connectivity index (χ2v) is 5.12.